The molecular weight excluding hydrogens is 268 g/mol. The molecule has 0 aromatic heterocycles. The van der Waals surface area contributed by atoms with Crippen LogP contribution in [-0.4, -0.2) is 5.78 Å². The van der Waals surface area contributed by atoms with E-state index in [0.717, 1.165) is 19.3 Å². The summed E-state index contributed by atoms with van der Waals surface area (Å²) in [6.07, 6.45) is 17.6. The Kier molecular flexibility index (Phi) is 3.13. The number of carbonyl (C=O) groups excluding carboxylic acids is 1. The highest BCUT2D eigenvalue weighted by atomic mass is 16.1. The van der Waals surface area contributed by atoms with Gasteiger partial charge >= 0.3 is 0 Å². The van der Waals surface area contributed by atoms with Crippen molar-refractivity contribution in [2.24, 2.45) is 34.5 Å². The number of rotatable bonds is 0. The highest BCUT2D eigenvalue weighted by molar-refractivity contribution is 5.94. The summed E-state index contributed by atoms with van der Waals surface area (Å²) < 4.78 is 0. The Morgan fingerprint density at radius 1 is 1.14 bits per heavy atom. The topological polar surface area (TPSA) is 17.1 Å². The van der Waals surface area contributed by atoms with Gasteiger partial charge in [0.2, 0.25) is 0 Å². The summed E-state index contributed by atoms with van der Waals surface area (Å²) in [4.78, 5) is 13.0. The van der Waals surface area contributed by atoms with Gasteiger partial charge < -0.3 is 0 Å². The Bertz CT molecular complexity index is 579. The molecule has 0 unspecified atom stereocenters. The Hall–Kier alpha value is -1.03. The number of allylic oxidation sites excluding steroid dienone is 2. The van der Waals surface area contributed by atoms with Crippen molar-refractivity contribution in [1.29, 1.82) is 0 Å². The molecule has 4 rings (SSSR count). The summed E-state index contributed by atoms with van der Waals surface area (Å²) in [5, 5.41) is 0. The van der Waals surface area contributed by atoms with Gasteiger partial charge in [0.25, 0.3) is 0 Å². The van der Waals surface area contributed by atoms with E-state index in [4.69, 9.17) is 6.42 Å². The highest BCUT2D eigenvalue weighted by Gasteiger charge is 2.60. The van der Waals surface area contributed by atoms with Gasteiger partial charge in [-0.2, -0.15) is 0 Å². The molecule has 3 saturated carbocycles. The molecule has 0 amide bonds. The minimum atomic E-state index is 0.210. The van der Waals surface area contributed by atoms with Crippen molar-refractivity contribution in [3.63, 3.8) is 0 Å². The van der Waals surface area contributed by atoms with Gasteiger partial charge in [0.05, 0.1) is 0 Å². The fraction of sp³-hybridized carbons (Fsp3) is 0.762. The van der Waals surface area contributed by atoms with Gasteiger partial charge in [-0.15, -0.1) is 12.3 Å². The van der Waals surface area contributed by atoms with Crippen molar-refractivity contribution in [2.75, 3.05) is 0 Å². The largest absolute Gasteiger partial charge is 0.295 e. The molecule has 1 nitrogen and oxygen atoms in total. The number of carbonyl (C=O) groups is 1. The van der Waals surface area contributed by atoms with Crippen molar-refractivity contribution in [1.82, 2.24) is 0 Å². The summed E-state index contributed by atoms with van der Waals surface area (Å²) in [6.45, 7) is 4.83. The zero-order valence-corrected chi connectivity index (χ0v) is 14.0. The molecule has 0 spiro atoms. The van der Waals surface area contributed by atoms with Crippen LogP contribution in [0.25, 0.3) is 0 Å². The van der Waals surface area contributed by atoms with E-state index >= 15 is 0 Å². The lowest BCUT2D eigenvalue weighted by atomic mass is 9.47. The monoisotopic (exact) mass is 296 g/mol. The fourth-order valence-corrected chi connectivity index (χ4v) is 6.71. The van der Waals surface area contributed by atoms with Crippen LogP contribution in [0.1, 0.15) is 65.2 Å². The normalized spacial score (nSPS) is 50.4. The molecule has 0 aromatic rings. The Morgan fingerprint density at radius 2 is 1.95 bits per heavy atom. The molecule has 6 atom stereocenters. The first-order valence-corrected chi connectivity index (χ1v) is 9.22. The van der Waals surface area contributed by atoms with Crippen LogP contribution >= 0.6 is 0 Å². The third kappa shape index (κ3) is 1.70. The quantitative estimate of drug-likeness (QED) is 0.589. The first-order valence-electron chi connectivity index (χ1n) is 9.22. The Labute approximate surface area is 134 Å². The minimum Gasteiger partial charge on any atom is -0.295 e. The van der Waals surface area contributed by atoms with Crippen molar-refractivity contribution in [3.05, 3.63) is 11.6 Å². The van der Waals surface area contributed by atoms with Gasteiger partial charge in [0, 0.05) is 11.8 Å². The van der Waals surface area contributed by atoms with E-state index in [1.807, 2.05) is 0 Å². The van der Waals surface area contributed by atoms with Gasteiger partial charge in [-0.25, -0.2) is 0 Å². The Balaban J connectivity index is 1.76. The molecule has 0 aromatic carbocycles. The van der Waals surface area contributed by atoms with E-state index < -0.39 is 0 Å². The maximum absolute atomic E-state index is 13.0. The van der Waals surface area contributed by atoms with Crippen LogP contribution in [0.3, 0.4) is 0 Å². The van der Waals surface area contributed by atoms with E-state index in [0.29, 0.717) is 29.0 Å². The lowest BCUT2D eigenvalue weighted by Crippen LogP contribution is -2.52. The Morgan fingerprint density at radius 3 is 2.73 bits per heavy atom. The molecule has 118 valence electrons. The second-order valence-electron chi connectivity index (χ2n) is 8.78. The molecule has 4 aliphatic rings. The average Bonchev–Trinajstić information content (AvgIpc) is 2.84. The van der Waals surface area contributed by atoms with Crippen molar-refractivity contribution in [2.45, 2.75) is 65.2 Å². The molecule has 0 radical (unpaired) electrons. The summed E-state index contributed by atoms with van der Waals surface area (Å²) in [6, 6.07) is 0. The summed E-state index contributed by atoms with van der Waals surface area (Å²) in [5.74, 6) is 5.23. The number of hydrogen-bond donors (Lipinski definition) is 0. The van der Waals surface area contributed by atoms with Gasteiger partial charge in [-0.05, 0) is 73.7 Å². The van der Waals surface area contributed by atoms with Crippen LogP contribution in [0.4, 0.5) is 0 Å². The molecule has 0 heterocycles. The van der Waals surface area contributed by atoms with E-state index in [1.165, 1.54) is 37.7 Å². The predicted molar refractivity (Wildman–Crippen MR) is 89.0 cm³/mol. The van der Waals surface area contributed by atoms with Gasteiger partial charge in [0.1, 0.15) is 0 Å². The lowest BCUT2D eigenvalue weighted by molar-refractivity contribution is -0.133. The van der Waals surface area contributed by atoms with Crippen molar-refractivity contribution in [3.8, 4) is 12.3 Å². The second kappa shape index (κ2) is 4.73. The van der Waals surface area contributed by atoms with E-state index in [-0.39, 0.29) is 11.3 Å². The smallest absolute Gasteiger partial charge is 0.159 e. The fourth-order valence-electron chi connectivity index (χ4n) is 6.71. The molecule has 0 N–H and O–H groups in total. The third-order valence-electron chi connectivity index (χ3n) is 8.06. The third-order valence-corrected chi connectivity index (χ3v) is 8.06. The number of fused-ring (bicyclic) bond motifs is 5. The molecule has 0 bridgehead atoms. The first kappa shape index (κ1) is 14.6. The predicted octanol–water partition coefficient (Wildman–Crippen LogP) is 4.77. The SMILES string of the molecule is C#C[C@H]1CC[C@H]2[C@@H]3C(=O)C=C4CCCC[C@]4(C)[C@H]3CC[C@]12C. The van der Waals surface area contributed by atoms with E-state index in [1.54, 1.807) is 0 Å². The van der Waals surface area contributed by atoms with Crippen LogP contribution < -0.4 is 0 Å². The van der Waals surface area contributed by atoms with E-state index in [9.17, 15) is 4.79 Å². The zero-order chi connectivity index (χ0) is 15.5. The lowest BCUT2D eigenvalue weighted by Gasteiger charge is -2.56. The van der Waals surface area contributed by atoms with Gasteiger partial charge in [-0.1, -0.05) is 25.8 Å². The zero-order valence-electron chi connectivity index (χ0n) is 14.0. The first-order chi connectivity index (χ1) is 10.5. The minimum absolute atomic E-state index is 0.210. The summed E-state index contributed by atoms with van der Waals surface area (Å²) in [7, 11) is 0. The molecule has 0 aliphatic heterocycles. The van der Waals surface area contributed by atoms with Crippen molar-refractivity contribution >= 4 is 5.78 Å². The summed E-state index contributed by atoms with van der Waals surface area (Å²) >= 11 is 0. The van der Waals surface area contributed by atoms with Crippen LogP contribution in [0.15, 0.2) is 11.6 Å². The summed E-state index contributed by atoms with van der Waals surface area (Å²) in [5.41, 5.74) is 1.98. The van der Waals surface area contributed by atoms with Crippen LogP contribution in [-0.2, 0) is 4.79 Å². The van der Waals surface area contributed by atoms with Gasteiger partial charge in [-0.3, -0.25) is 4.79 Å². The maximum Gasteiger partial charge on any atom is 0.159 e. The van der Waals surface area contributed by atoms with Crippen LogP contribution in [0, 0.1) is 46.8 Å². The van der Waals surface area contributed by atoms with Gasteiger partial charge in [0.15, 0.2) is 5.78 Å². The van der Waals surface area contributed by atoms with Crippen LogP contribution in [0.2, 0.25) is 0 Å². The maximum atomic E-state index is 13.0. The number of ketones is 1. The number of terminal acetylenes is 1. The number of hydrogen-bond acceptors (Lipinski definition) is 1. The molecule has 1 heteroatoms. The van der Waals surface area contributed by atoms with E-state index in [2.05, 4.69) is 25.8 Å². The molecule has 4 aliphatic carbocycles. The average molecular weight is 296 g/mol. The molecule has 3 fully saturated rings. The van der Waals surface area contributed by atoms with Crippen LogP contribution in [0.5, 0.6) is 0 Å². The molecule has 0 saturated heterocycles. The van der Waals surface area contributed by atoms with Crippen molar-refractivity contribution < 1.29 is 4.79 Å². The second-order valence-corrected chi connectivity index (χ2v) is 8.78. The molecular formula is C21H28O. The standard InChI is InChI=1S/C21H28O/c1-4-14-8-9-16-19-17(10-12-21(14,16)3)20(2)11-6-5-7-15(20)13-18(19)22/h1,13-14,16-17,19H,5-12H2,2-3H3/t14-,16-,17-,19-,20-,21+/m0/s1. The molecule has 22 heavy (non-hydrogen) atoms. The highest BCUT2D eigenvalue weighted by Crippen LogP contribution is 2.65.